The van der Waals surface area contributed by atoms with Crippen molar-refractivity contribution < 1.29 is 18.0 Å². The second-order valence-corrected chi connectivity index (χ2v) is 4.56. The van der Waals surface area contributed by atoms with Gasteiger partial charge in [-0.2, -0.15) is 13.2 Å². The van der Waals surface area contributed by atoms with Gasteiger partial charge in [-0.25, -0.2) is 0 Å². The van der Waals surface area contributed by atoms with Gasteiger partial charge in [0.2, 0.25) is 0 Å². The molecular weight excluding hydrogens is 281 g/mol. The number of hydrogen-bond donors (Lipinski definition) is 1. The third-order valence-electron chi connectivity index (χ3n) is 2.97. The number of para-hydroxylation sites is 1. The fourth-order valence-corrected chi connectivity index (χ4v) is 1.81. The Labute approximate surface area is 119 Å². The van der Waals surface area contributed by atoms with E-state index in [0.29, 0.717) is 11.4 Å². The molecule has 0 spiro atoms. The summed E-state index contributed by atoms with van der Waals surface area (Å²) in [5.41, 5.74) is 0.214. The predicted octanol–water partition coefficient (Wildman–Crippen LogP) is 4.15. The van der Waals surface area contributed by atoms with E-state index < -0.39 is 11.7 Å². The minimum Gasteiger partial charge on any atom is -0.354 e. The highest BCUT2D eigenvalue weighted by atomic mass is 19.4. The number of pyridine rings is 1. The molecule has 1 heterocycles. The van der Waals surface area contributed by atoms with Gasteiger partial charge in [0.25, 0.3) is 0 Å². The molecule has 2 rings (SSSR count). The number of nitrogens with one attached hydrogen (secondary N) is 1. The van der Waals surface area contributed by atoms with E-state index in [1.165, 1.54) is 24.4 Å². The molecule has 21 heavy (non-hydrogen) atoms. The Balaban J connectivity index is 2.25. The van der Waals surface area contributed by atoms with Gasteiger partial charge in [-0.05, 0) is 24.3 Å². The van der Waals surface area contributed by atoms with Crippen molar-refractivity contribution in [1.82, 2.24) is 4.98 Å². The van der Waals surface area contributed by atoms with E-state index in [0.717, 1.165) is 12.4 Å². The lowest BCUT2D eigenvalue weighted by Gasteiger charge is -2.14. The molecule has 0 aliphatic carbocycles. The van der Waals surface area contributed by atoms with E-state index in [9.17, 15) is 18.0 Å². The molecule has 1 atom stereocenters. The summed E-state index contributed by atoms with van der Waals surface area (Å²) in [4.78, 5) is 14.7. The molecule has 1 aromatic heterocycles. The van der Waals surface area contributed by atoms with E-state index in [-0.39, 0.29) is 11.6 Å². The molecule has 0 fully saturated rings. The summed E-state index contributed by atoms with van der Waals surface area (Å²) in [5.74, 6) is -0.346. The molecule has 0 bridgehead atoms. The molecule has 0 amide bonds. The highest BCUT2D eigenvalue weighted by molar-refractivity contribution is 5.64. The highest BCUT2D eigenvalue weighted by Crippen LogP contribution is 2.35. The number of anilines is 2. The minimum atomic E-state index is -4.43. The Bertz CT molecular complexity index is 624. The smallest absolute Gasteiger partial charge is 0.354 e. The largest absolute Gasteiger partial charge is 0.418 e. The molecule has 2 aromatic rings. The number of aromatic nitrogens is 1. The third-order valence-corrected chi connectivity index (χ3v) is 2.97. The summed E-state index contributed by atoms with van der Waals surface area (Å²) >= 11 is 0. The van der Waals surface area contributed by atoms with Crippen molar-refractivity contribution in [2.75, 3.05) is 5.32 Å². The number of halogens is 3. The van der Waals surface area contributed by atoms with Gasteiger partial charge in [0.1, 0.15) is 6.29 Å². The van der Waals surface area contributed by atoms with Crippen LogP contribution in [0.1, 0.15) is 24.1 Å². The molecule has 110 valence electrons. The molecule has 0 aliphatic rings. The van der Waals surface area contributed by atoms with Crippen molar-refractivity contribution in [3.63, 3.8) is 0 Å². The van der Waals surface area contributed by atoms with Crippen molar-refractivity contribution in [2.45, 2.75) is 19.0 Å². The molecule has 0 saturated carbocycles. The minimum absolute atomic E-state index is 0.0389. The average molecular weight is 294 g/mol. The maximum Gasteiger partial charge on any atom is 0.418 e. The summed E-state index contributed by atoms with van der Waals surface area (Å²) in [6.45, 7) is 1.70. The topological polar surface area (TPSA) is 42.0 Å². The normalized spacial score (nSPS) is 12.8. The number of hydrogen-bond acceptors (Lipinski definition) is 3. The number of carbonyl (C=O) groups excluding carboxylic acids is 1. The van der Waals surface area contributed by atoms with Crippen LogP contribution in [-0.2, 0) is 11.0 Å². The van der Waals surface area contributed by atoms with Crippen molar-refractivity contribution >= 4 is 17.7 Å². The van der Waals surface area contributed by atoms with Gasteiger partial charge in [-0.15, -0.1) is 0 Å². The first-order chi connectivity index (χ1) is 9.91. The van der Waals surface area contributed by atoms with Crippen LogP contribution in [0.5, 0.6) is 0 Å². The quantitative estimate of drug-likeness (QED) is 0.861. The maximum atomic E-state index is 12.9. The fraction of sp³-hybridized carbons (Fsp3) is 0.200. The standard InChI is InChI=1S/C15H13F3N2O/c1-10(9-21)13-7-6-11(8-19-13)20-14-5-3-2-4-12(14)15(16,17)18/h2-10,20H,1H3. The first-order valence-corrected chi connectivity index (χ1v) is 6.26. The second-order valence-electron chi connectivity index (χ2n) is 4.56. The first-order valence-electron chi connectivity index (χ1n) is 6.26. The van der Waals surface area contributed by atoms with E-state index in [2.05, 4.69) is 10.3 Å². The molecular formula is C15H13F3N2O. The van der Waals surface area contributed by atoms with E-state index in [1.807, 2.05) is 0 Å². The summed E-state index contributed by atoms with van der Waals surface area (Å²) in [5, 5.41) is 2.69. The molecule has 3 nitrogen and oxygen atoms in total. The fourth-order valence-electron chi connectivity index (χ4n) is 1.81. The Kier molecular flexibility index (Phi) is 4.26. The molecule has 0 aliphatic heterocycles. The van der Waals surface area contributed by atoms with Crippen molar-refractivity contribution in [2.24, 2.45) is 0 Å². The number of nitrogens with zero attached hydrogens (tertiary/aromatic N) is 1. The Morgan fingerprint density at radius 3 is 2.48 bits per heavy atom. The Morgan fingerprint density at radius 1 is 1.19 bits per heavy atom. The number of carbonyl (C=O) groups is 1. The molecule has 1 aromatic carbocycles. The Hall–Kier alpha value is -2.37. The summed E-state index contributed by atoms with van der Waals surface area (Å²) in [6, 6.07) is 8.42. The molecule has 6 heteroatoms. The SMILES string of the molecule is CC(C=O)c1ccc(Nc2ccccc2C(F)(F)F)cn1. The van der Waals surface area contributed by atoms with Crippen LogP contribution in [0, 0.1) is 0 Å². The van der Waals surface area contributed by atoms with Gasteiger partial charge in [-0.1, -0.05) is 19.1 Å². The molecule has 1 unspecified atom stereocenters. The zero-order valence-corrected chi connectivity index (χ0v) is 11.2. The van der Waals surface area contributed by atoms with Gasteiger partial charge in [-0.3, -0.25) is 4.98 Å². The summed E-state index contributed by atoms with van der Waals surface area (Å²) in [6.07, 6.45) is -2.26. The van der Waals surface area contributed by atoms with Gasteiger partial charge >= 0.3 is 6.18 Å². The van der Waals surface area contributed by atoms with Gasteiger partial charge in [0, 0.05) is 0 Å². The van der Waals surface area contributed by atoms with Crippen LogP contribution < -0.4 is 5.32 Å². The predicted molar refractivity (Wildman–Crippen MR) is 73.4 cm³/mol. The lowest BCUT2D eigenvalue weighted by atomic mass is 10.1. The number of benzene rings is 1. The van der Waals surface area contributed by atoms with Crippen molar-refractivity contribution in [3.8, 4) is 0 Å². The van der Waals surface area contributed by atoms with Crippen LogP contribution in [0.25, 0.3) is 0 Å². The van der Waals surface area contributed by atoms with Crippen LogP contribution >= 0.6 is 0 Å². The van der Waals surface area contributed by atoms with E-state index >= 15 is 0 Å². The van der Waals surface area contributed by atoms with Gasteiger partial charge < -0.3 is 10.1 Å². The molecule has 0 saturated heterocycles. The lowest BCUT2D eigenvalue weighted by molar-refractivity contribution is -0.136. The molecule has 0 radical (unpaired) electrons. The van der Waals surface area contributed by atoms with Crippen LogP contribution in [0.15, 0.2) is 42.6 Å². The van der Waals surface area contributed by atoms with Crippen LogP contribution in [0.4, 0.5) is 24.5 Å². The van der Waals surface area contributed by atoms with Crippen LogP contribution in [0.2, 0.25) is 0 Å². The van der Waals surface area contributed by atoms with E-state index in [1.54, 1.807) is 19.1 Å². The monoisotopic (exact) mass is 294 g/mol. The average Bonchev–Trinajstić information content (AvgIpc) is 2.47. The highest BCUT2D eigenvalue weighted by Gasteiger charge is 2.33. The van der Waals surface area contributed by atoms with Crippen molar-refractivity contribution in [1.29, 1.82) is 0 Å². The number of alkyl halides is 3. The van der Waals surface area contributed by atoms with Gasteiger partial charge in [0.05, 0.1) is 34.7 Å². The third kappa shape index (κ3) is 3.59. The van der Waals surface area contributed by atoms with E-state index in [4.69, 9.17) is 0 Å². The van der Waals surface area contributed by atoms with Crippen LogP contribution in [0.3, 0.4) is 0 Å². The lowest BCUT2D eigenvalue weighted by Crippen LogP contribution is -2.08. The first kappa shape index (κ1) is 15.0. The van der Waals surface area contributed by atoms with Gasteiger partial charge in [0.15, 0.2) is 0 Å². The van der Waals surface area contributed by atoms with Crippen molar-refractivity contribution in [3.05, 3.63) is 53.9 Å². The second kappa shape index (κ2) is 5.95. The number of aldehydes is 1. The summed E-state index contributed by atoms with van der Waals surface area (Å²) < 4.78 is 38.6. The zero-order chi connectivity index (χ0) is 15.5. The molecule has 1 N–H and O–H groups in total. The maximum absolute atomic E-state index is 12.9. The van der Waals surface area contributed by atoms with Crippen LogP contribution in [-0.4, -0.2) is 11.3 Å². The number of rotatable bonds is 4. The summed E-state index contributed by atoms with van der Waals surface area (Å²) in [7, 11) is 0. The zero-order valence-electron chi connectivity index (χ0n) is 11.2. The Morgan fingerprint density at radius 2 is 1.90 bits per heavy atom.